The van der Waals surface area contributed by atoms with Gasteiger partial charge in [0.05, 0.1) is 18.8 Å². The Bertz CT molecular complexity index is 344. The molecule has 0 saturated heterocycles. The highest BCUT2D eigenvalue weighted by molar-refractivity contribution is 5.76. The van der Waals surface area contributed by atoms with Crippen molar-refractivity contribution in [2.45, 2.75) is 116 Å². The zero-order valence-corrected chi connectivity index (χ0v) is 17.2. The molecule has 0 aliphatic rings. The Morgan fingerprint density at radius 1 is 0.885 bits per heavy atom. The van der Waals surface area contributed by atoms with Crippen LogP contribution < -0.4 is 5.32 Å². The van der Waals surface area contributed by atoms with Crippen LogP contribution in [0, 0.1) is 0 Å². The number of aliphatic hydroxyl groups excluding tert-OH is 2. The Morgan fingerprint density at radius 2 is 1.50 bits per heavy atom. The molecule has 0 aliphatic carbocycles. The van der Waals surface area contributed by atoms with Crippen LogP contribution in [-0.4, -0.2) is 34.9 Å². The van der Waals surface area contributed by atoms with Crippen LogP contribution in [0.2, 0.25) is 0 Å². The molecule has 3 N–H and O–H groups in total. The minimum Gasteiger partial charge on any atom is -0.394 e. The van der Waals surface area contributed by atoms with Crippen LogP contribution in [0.25, 0.3) is 0 Å². The van der Waals surface area contributed by atoms with Gasteiger partial charge in [-0.3, -0.25) is 4.79 Å². The van der Waals surface area contributed by atoms with Crippen molar-refractivity contribution >= 4 is 5.91 Å². The molecule has 0 aromatic rings. The molecule has 0 fully saturated rings. The largest absolute Gasteiger partial charge is 0.394 e. The lowest BCUT2D eigenvalue weighted by Gasteiger charge is -2.22. The van der Waals surface area contributed by atoms with E-state index in [-0.39, 0.29) is 12.5 Å². The highest BCUT2D eigenvalue weighted by atomic mass is 16.3. The van der Waals surface area contributed by atoms with Gasteiger partial charge in [-0.15, -0.1) is 0 Å². The van der Waals surface area contributed by atoms with Crippen LogP contribution in [0.5, 0.6) is 0 Å². The summed E-state index contributed by atoms with van der Waals surface area (Å²) < 4.78 is 0. The summed E-state index contributed by atoms with van der Waals surface area (Å²) in [5.74, 6) is -0.0579. The Kier molecular flexibility index (Phi) is 18.3. The summed E-state index contributed by atoms with van der Waals surface area (Å²) in [6, 6.07) is -0.529. The first-order chi connectivity index (χ1) is 12.7. The molecule has 0 aromatic carbocycles. The minimum absolute atomic E-state index is 0.0579. The molecule has 1 amide bonds. The third-order valence-corrected chi connectivity index (χ3v) is 4.78. The molecule has 0 saturated carbocycles. The minimum atomic E-state index is -0.652. The van der Waals surface area contributed by atoms with Gasteiger partial charge in [0.1, 0.15) is 0 Å². The fourth-order valence-electron chi connectivity index (χ4n) is 2.98. The number of allylic oxidation sites excluding steroid dienone is 2. The predicted molar refractivity (Wildman–Crippen MR) is 110 cm³/mol. The highest BCUT2D eigenvalue weighted by Gasteiger charge is 2.19. The van der Waals surface area contributed by atoms with E-state index in [1.54, 1.807) is 0 Å². The molecule has 0 spiro atoms. The third kappa shape index (κ3) is 15.4. The van der Waals surface area contributed by atoms with Crippen LogP contribution in [0.3, 0.4) is 0 Å². The Morgan fingerprint density at radius 3 is 2.15 bits per heavy atom. The van der Waals surface area contributed by atoms with E-state index in [1.807, 2.05) is 0 Å². The molecule has 0 heterocycles. The fourth-order valence-corrected chi connectivity index (χ4v) is 2.98. The number of unbranched alkanes of at least 4 members (excludes halogenated alkanes) is 9. The van der Waals surface area contributed by atoms with E-state index >= 15 is 0 Å². The van der Waals surface area contributed by atoms with Crippen LogP contribution in [-0.2, 0) is 4.79 Å². The van der Waals surface area contributed by atoms with Crippen LogP contribution in [0.4, 0.5) is 0 Å². The summed E-state index contributed by atoms with van der Waals surface area (Å²) in [6.45, 7) is 4.13. The number of aliphatic hydroxyl groups is 2. The number of hydrogen-bond acceptors (Lipinski definition) is 3. The van der Waals surface area contributed by atoms with Crippen molar-refractivity contribution in [3.05, 3.63) is 12.2 Å². The summed E-state index contributed by atoms with van der Waals surface area (Å²) in [6.07, 6.45) is 18.6. The first-order valence-electron chi connectivity index (χ1n) is 10.9. The van der Waals surface area contributed by atoms with E-state index in [2.05, 4.69) is 31.3 Å². The standard InChI is InChI=1S/C22H43NO3/c1-3-5-7-8-9-10-11-12-13-14-16-18-22(26)23-20(19-24)21(25)17-15-6-4-2/h8-9,20-21,24-25H,3-7,10-19H2,1-2H3,(H,23,26)/b9-8-. The lowest BCUT2D eigenvalue weighted by molar-refractivity contribution is -0.123. The zero-order valence-electron chi connectivity index (χ0n) is 17.2. The molecule has 26 heavy (non-hydrogen) atoms. The van der Waals surface area contributed by atoms with Crippen molar-refractivity contribution in [2.75, 3.05) is 6.61 Å². The SMILES string of the molecule is CCCC/C=C\CCCCCCCC(=O)NC(CO)C(O)CCCCC. The quantitative estimate of drug-likeness (QED) is 0.238. The summed E-state index contributed by atoms with van der Waals surface area (Å²) in [4.78, 5) is 12.0. The van der Waals surface area contributed by atoms with E-state index in [9.17, 15) is 15.0 Å². The Balaban J connectivity index is 3.64. The second kappa shape index (κ2) is 18.9. The summed E-state index contributed by atoms with van der Waals surface area (Å²) >= 11 is 0. The van der Waals surface area contributed by atoms with Crippen LogP contribution in [0.15, 0.2) is 12.2 Å². The van der Waals surface area contributed by atoms with Gasteiger partial charge in [0.15, 0.2) is 0 Å². The maximum absolute atomic E-state index is 12.0. The topological polar surface area (TPSA) is 69.6 Å². The maximum Gasteiger partial charge on any atom is 0.220 e. The van der Waals surface area contributed by atoms with Gasteiger partial charge in [-0.2, -0.15) is 0 Å². The number of carbonyl (C=O) groups is 1. The third-order valence-electron chi connectivity index (χ3n) is 4.78. The fraction of sp³-hybridized carbons (Fsp3) is 0.864. The second-order valence-electron chi connectivity index (χ2n) is 7.34. The van der Waals surface area contributed by atoms with Crippen molar-refractivity contribution in [1.29, 1.82) is 0 Å². The average molecular weight is 370 g/mol. The Labute approximate surface area is 161 Å². The normalized spacial score (nSPS) is 13.8. The number of hydrogen-bond donors (Lipinski definition) is 3. The van der Waals surface area contributed by atoms with Gasteiger partial charge < -0.3 is 15.5 Å². The van der Waals surface area contributed by atoms with Crippen LogP contribution >= 0.6 is 0 Å². The molecule has 0 rings (SSSR count). The van der Waals surface area contributed by atoms with Gasteiger partial charge in [-0.05, 0) is 32.1 Å². The zero-order chi connectivity index (χ0) is 19.5. The number of amides is 1. The highest BCUT2D eigenvalue weighted by Crippen LogP contribution is 2.10. The molecule has 0 bridgehead atoms. The van der Waals surface area contributed by atoms with Gasteiger partial charge in [-0.1, -0.05) is 77.4 Å². The second-order valence-corrected chi connectivity index (χ2v) is 7.34. The molecule has 154 valence electrons. The lowest BCUT2D eigenvalue weighted by Crippen LogP contribution is -2.45. The summed E-state index contributed by atoms with van der Waals surface area (Å²) in [5.41, 5.74) is 0. The van der Waals surface area contributed by atoms with Crippen molar-refractivity contribution < 1.29 is 15.0 Å². The molecule has 0 aromatic heterocycles. The monoisotopic (exact) mass is 369 g/mol. The summed E-state index contributed by atoms with van der Waals surface area (Å²) in [7, 11) is 0. The van der Waals surface area contributed by atoms with Gasteiger partial charge in [-0.25, -0.2) is 0 Å². The van der Waals surface area contributed by atoms with Gasteiger partial charge in [0, 0.05) is 6.42 Å². The number of rotatable bonds is 18. The first-order valence-corrected chi connectivity index (χ1v) is 10.9. The average Bonchev–Trinajstić information content (AvgIpc) is 2.64. The molecule has 4 heteroatoms. The number of nitrogens with one attached hydrogen (secondary N) is 1. The van der Waals surface area contributed by atoms with Crippen LogP contribution in [0.1, 0.15) is 104 Å². The molecule has 0 aliphatic heterocycles. The van der Waals surface area contributed by atoms with Gasteiger partial charge in [0.25, 0.3) is 0 Å². The van der Waals surface area contributed by atoms with Gasteiger partial charge in [0.2, 0.25) is 5.91 Å². The predicted octanol–water partition coefficient (Wildman–Crippen LogP) is 4.88. The molecular weight excluding hydrogens is 326 g/mol. The molecule has 2 atom stereocenters. The van der Waals surface area contributed by atoms with Crippen molar-refractivity contribution in [1.82, 2.24) is 5.32 Å². The maximum atomic E-state index is 12.0. The van der Waals surface area contributed by atoms with E-state index in [0.717, 1.165) is 38.5 Å². The smallest absolute Gasteiger partial charge is 0.220 e. The van der Waals surface area contributed by atoms with Gasteiger partial charge >= 0.3 is 0 Å². The molecule has 0 radical (unpaired) electrons. The van der Waals surface area contributed by atoms with E-state index in [0.29, 0.717) is 12.8 Å². The number of carbonyl (C=O) groups excluding carboxylic acids is 1. The first kappa shape index (κ1) is 25.1. The van der Waals surface area contributed by atoms with Crippen molar-refractivity contribution in [3.63, 3.8) is 0 Å². The molecule has 2 unspecified atom stereocenters. The van der Waals surface area contributed by atoms with E-state index in [4.69, 9.17) is 0 Å². The van der Waals surface area contributed by atoms with Crippen molar-refractivity contribution in [3.8, 4) is 0 Å². The van der Waals surface area contributed by atoms with E-state index in [1.165, 1.54) is 38.5 Å². The lowest BCUT2D eigenvalue weighted by atomic mass is 10.0. The molecular formula is C22H43NO3. The van der Waals surface area contributed by atoms with E-state index < -0.39 is 12.1 Å². The Hall–Kier alpha value is -0.870. The summed E-state index contributed by atoms with van der Waals surface area (Å²) in [5, 5.41) is 22.2. The van der Waals surface area contributed by atoms with Crippen molar-refractivity contribution in [2.24, 2.45) is 0 Å². The molecule has 4 nitrogen and oxygen atoms in total.